The van der Waals surface area contributed by atoms with Gasteiger partial charge < -0.3 is 5.11 Å². The van der Waals surface area contributed by atoms with Gasteiger partial charge in [0.2, 0.25) is 10.0 Å². The minimum absolute atomic E-state index is 0.181. The van der Waals surface area contributed by atoms with E-state index in [2.05, 4.69) is 31.6 Å². The fraction of sp³-hybridized carbons (Fsp3) is 0.320. The molecule has 6 heteroatoms. The van der Waals surface area contributed by atoms with Crippen LogP contribution in [-0.4, -0.2) is 26.0 Å². The van der Waals surface area contributed by atoms with Crippen molar-refractivity contribution in [1.29, 1.82) is 0 Å². The molecule has 5 nitrogen and oxygen atoms in total. The number of sulfonamides is 1. The van der Waals surface area contributed by atoms with Gasteiger partial charge in [-0.2, -0.15) is 0 Å². The maximum atomic E-state index is 12.4. The number of carbonyl (C=O) groups is 1. The van der Waals surface area contributed by atoms with Crippen LogP contribution in [0, 0.1) is 5.92 Å². The van der Waals surface area contributed by atoms with Crippen LogP contribution in [0.3, 0.4) is 0 Å². The highest BCUT2D eigenvalue weighted by Crippen LogP contribution is 2.34. The Morgan fingerprint density at radius 3 is 2.23 bits per heavy atom. The number of carboxylic acids is 1. The molecule has 0 spiro atoms. The summed E-state index contributed by atoms with van der Waals surface area (Å²) in [4.78, 5) is 12.0. The third kappa shape index (κ3) is 5.51. The van der Waals surface area contributed by atoms with Gasteiger partial charge in [0.15, 0.2) is 0 Å². The van der Waals surface area contributed by atoms with Crippen molar-refractivity contribution in [3.8, 4) is 11.1 Å². The Bertz CT molecular complexity index is 1120. The SMILES string of the molecule is CC(C)c1ccc2c(C[C@@H](C)CCNS(=O)(=O)c3ccccc3)cc(C(=O)O)c-2cc1. The van der Waals surface area contributed by atoms with Gasteiger partial charge in [-0.1, -0.05) is 63.2 Å². The molecule has 2 aliphatic rings. The van der Waals surface area contributed by atoms with Crippen LogP contribution >= 0.6 is 0 Å². The first-order chi connectivity index (χ1) is 14.7. The third-order valence-electron chi connectivity index (χ3n) is 5.58. The minimum atomic E-state index is -3.52. The summed E-state index contributed by atoms with van der Waals surface area (Å²) in [5.74, 6) is -0.401. The van der Waals surface area contributed by atoms with E-state index < -0.39 is 16.0 Å². The van der Waals surface area contributed by atoms with E-state index in [4.69, 9.17) is 0 Å². The Hall–Kier alpha value is -2.70. The van der Waals surface area contributed by atoms with E-state index in [0.29, 0.717) is 30.9 Å². The monoisotopic (exact) mass is 439 g/mol. The number of hydrogen-bond acceptors (Lipinski definition) is 3. The predicted octanol–water partition coefficient (Wildman–Crippen LogP) is 5.16. The summed E-state index contributed by atoms with van der Waals surface area (Å²) in [6.45, 7) is 6.60. The zero-order chi connectivity index (χ0) is 22.6. The van der Waals surface area contributed by atoms with E-state index >= 15 is 0 Å². The fourth-order valence-electron chi connectivity index (χ4n) is 3.77. The van der Waals surface area contributed by atoms with Crippen LogP contribution < -0.4 is 4.72 Å². The van der Waals surface area contributed by atoms with Crippen molar-refractivity contribution in [2.24, 2.45) is 5.92 Å². The molecule has 164 valence electrons. The molecular weight excluding hydrogens is 410 g/mol. The van der Waals surface area contributed by atoms with E-state index in [1.165, 1.54) is 0 Å². The maximum Gasteiger partial charge on any atom is 0.336 e. The van der Waals surface area contributed by atoms with Gasteiger partial charge in [-0.15, -0.1) is 0 Å². The van der Waals surface area contributed by atoms with Gasteiger partial charge in [-0.05, 0) is 65.1 Å². The number of rotatable bonds is 9. The summed E-state index contributed by atoms with van der Waals surface area (Å²) >= 11 is 0. The summed E-state index contributed by atoms with van der Waals surface area (Å²) in [6, 6.07) is 18.0. The van der Waals surface area contributed by atoms with E-state index in [9.17, 15) is 18.3 Å². The maximum absolute atomic E-state index is 12.4. The van der Waals surface area contributed by atoms with E-state index in [-0.39, 0.29) is 10.8 Å². The van der Waals surface area contributed by atoms with Gasteiger partial charge in [0, 0.05) is 6.54 Å². The van der Waals surface area contributed by atoms with Gasteiger partial charge in [-0.25, -0.2) is 17.9 Å². The lowest BCUT2D eigenvalue weighted by molar-refractivity contribution is 0.0698. The van der Waals surface area contributed by atoms with Crippen LogP contribution in [0.2, 0.25) is 0 Å². The molecule has 0 aromatic heterocycles. The number of carboxylic acid groups (broad SMARTS) is 1. The second kappa shape index (κ2) is 9.62. The average Bonchev–Trinajstić information content (AvgIpc) is 2.91. The van der Waals surface area contributed by atoms with Gasteiger partial charge in [0.05, 0.1) is 10.5 Å². The molecule has 0 radical (unpaired) electrons. The average molecular weight is 440 g/mol. The molecule has 3 rings (SSSR count). The van der Waals surface area contributed by atoms with Crippen molar-refractivity contribution < 1.29 is 18.3 Å². The smallest absolute Gasteiger partial charge is 0.336 e. The van der Waals surface area contributed by atoms with Crippen molar-refractivity contribution in [3.05, 3.63) is 77.4 Å². The predicted molar refractivity (Wildman–Crippen MR) is 123 cm³/mol. The molecule has 0 bridgehead atoms. The summed E-state index contributed by atoms with van der Waals surface area (Å²) in [7, 11) is -3.52. The Morgan fingerprint density at radius 2 is 1.61 bits per heavy atom. The first kappa shape index (κ1) is 23.0. The highest BCUT2D eigenvalue weighted by atomic mass is 32.2. The number of benzene rings is 1. The lowest BCUT2D eigenvalue weighted by atomic mass is 9.96. The normalized spacial score (nSPS) is 12.9. The van der Waals surface area contributed by atoms with E-state index in [1.54, 1.807) is 36.4 Å². The summed E-state index contributed by atoms with van der Waals surface area (Å²) in [5.41, 5.74) is 4.14. The number of hydrogen-bond donors (Lipinski definition) is 2. The van der Waals surface area contributed by atoms with Gasteiger partial charge in [-0.3, -0.25) is 0 Å². The molecule has 2 aliphatic carbocycles. The Kier molecular flexibility index (Phi) is 7.13. The first-order valence-electron chi connectivity index (χ1n) is 10.5. The van der Waals surface area contributed by atoms with E-state index in [0.717, 1.165) is 22.3 Å². The van der Waals surface area contributed by atoms with Gasteiger partial charge in [0.25, 0.3) is 0 Å². The molecule has 1 aromatic carbocycles. The quantitative estimate of drug-likeness (QED) is 0.482. The zero-order valence-corrected chi connectivity index (χ0v) is 18.9. The molecule has 0 saturated heterocycles. The van der Waals surface area contributed by atoms with Crippen LogP contribution in [-0.2, 0) is 16.4 Å². The molecule has 0 saturated carbocycles. The second-order valence-electron chi connectivity index (χ2n) is 8.35. The molecule has 0 aliphatic heterocycles. The molecule has 0 amide bonds. The number of nitrogens with one attached hydrogen (secondary N) is 1. The van der Waals surface area contributed by atoms with Crippen molar-refractivity contribution >= 4 is 16.0 Å². The van der Waals surface area contributed by atoms with Gasteiger partial charge >= 0.3 is 5.97 Å². The van der Waals surface area contributed by atoms with Crippen LogP contribution in [0.5, 0.6) is 0 Å². The fourth-order valence-corrected chi connectivity index (χ4v) is 4.84. The van der Waals surface area contributed by atoms with Crippen molar-refractivity contribution in [3.63, 3.8) is 0 Å². The molecule has 1 atom stereocenters. The first-order valence-corrected chi connectivity index (χ1v) is 12.0. The zero-order valence-electron chi connectivity index (χ0n) is 18.1. The highest BCUT2D eigenvalue weighted by molar-refractivity contribution is 7.89. The van der Waals surface area contributed by atoms with Crippen molar-refractivity contribution in [1.82, 2.24) is 4.72 Å². The molecule has 31 heavy (non-hydrogen) atoms. The Labute approximate surface area is 184 Å². The molecule has 2 N–H and O–H groups in total. The van der Waals surface area contributed by atoms with Crippen LogP contribution in [0.4, 0.5) is 0 Å². The Balaban J connectivity index is 1.73. The van der Waals surface area contributed by atoms with E-state index in [1.807, 2.05) is 18.2 Å². The second-order valence-corrected chi connectivity index (χ2v) is 10.1. The van der Waals surface area contributed by atoms with Crippen LogP contribution in [0.25, 0.3) is 11.1 Å². The molecular formula is C25H29NO4S. The summed E-state index contributed by atoms with van der Waals surface area (Å²) in [6.07, 6.45) is 1.33. The highest BCUT2D eigenvalue weighted by Gasteiger charge is 2.21. The van der Waals surface area contributed by atoms with Crippen LogP contribution in [0.15, 0.2) is 65.6 Å². The number of aromatic carboxylic acids is 1. The molecule has 0 fully saturated rings. The topological polar surface area (TPSA) is 83.5 Å². The van der Waals surface area contributed by atoms with Crippen molar-refractivity contribution in [2.45, 2.75) is 44.4 Å². The minimum Gasteiger partial charge on any atom is -0.478 e. The molecule has 0 unspecified atom stereocenters. The van der Waals surface area contributed by atoms with Crippen molar-refractivity contribution in [2.75, 3.05) is 6.54 Å². The summed E-state index contributed by atoms with van der Waals surface area (Å²) in [5, 5.41) is 9.65. The standard InChI is InChI=1S/C25H29NO4S/c1-17(2)19-9-11-22-20(16-24(25(27)28)23(22)12-10-19)15-18(3)13-14-26-31(29,30)21-7-5-4-6-8-21/h4-12,16-18,26H,13-15H2,1-3H3,(H,27,28)/t18-/m0/s1. The van der Waals surface area contributed by atoms with Gasteiger partial charge in [0.1, 0.15) is 0 Å². The lowest BCUT2D eigenvalue weighted by Gasteiger charge is -2.13. The summed E-state index contributed by atoms with van der Waals surface area (Å²) < 4.78 is 27.4. The molecule has 1 aromatic rings. The Morgan fingerprint density at radius 1 is 0.968 bits per heavy atom. The lowest BCUT2D eigenvalue weighted by Crippen LogP contribution is -2.26. The number of fused-ring (bicyclic) bond motifs is 1. The molecule has 0 heterocycles. The van der Waals surface area contributed by atoms with Crippen LogP contribution in [0.1, 0.15) is 54.6 Å². The third-order valence-corrected chi connectivity index (χ3v) is 7.05. The largest absolute Gasteiger partial charge is 0.478 e.